The van der Waals surface area contributed by atoms with Gasteiger partial charge in [-0.2, -0.15) is 0 Å². The van der Waals surface area contributed by atoms with Crippen molar-refractivity contribution in [2.45, 2.75) is 19.8 Å². The van der Waals surface area contributed by atoms with Crippen LogP contribution in [-0.4, -0.2) is 12.6 Å². The van der Waals surface area contributed by atoms with Gasteiger partial charge in [-0.15, -0.1) is 0 Å². The van der Waals surface area contributed by atoms with Crippen molar-refractivity contribution in [3.63, 3.8) is 0 Å². The molecule has 1 aromatic carbocycles. The van der Waals surface area contributed by atoms with Gasteiger partial charge in [0.15, 0.2) is 5.82 Å². The number of hydrogen-bond acceptors (Lipinski definition) is 2. The maximum absolute atomic E-state index is 13.1. The van der Waals surface area contributed by atoms with E-state index in [0.29, 0.717) is 6.61 Å². The van der Waals surface area contributed by atoms with E-state index in [9.17, 15) is 9.18 Å². The summed E-state index contributed by atoms with van der Waals surface area (Å²) in [5.74, 6) is -1.27. The number of carbonyl (C=O) groups excluding carboxylic acids is 1. The summed E-state index contributed by atoms with van der Waals surface area (Å²) in [6.07, 6.45) is 1.71. The van der Waals surface area contributed by atoms with Crippen molar-refractivity contribution < 1.29 is 13.9 Å². The minimum Gasteiger partial charge on any atom is -0.462 e. The summed E-state index contributed by atoms with van der Waals surface area (Å²) < 4.78 is 18.0. The van der Waals surface area contributed by atoms with Crippen molar-refractivity contribution in [3.8, 4) is 0 Å². The van der Waals surface area contributed by atoms with Crippen molar-refractivity contribution in [2.24, 2.45) is 0 Å². The van der Waals surface area contributed by atoms with Gasteiger partial charge in [0, 0.05) is 0 Å². The third-order valence-electron chi connectivity index (χ3n) is 1.95. The lowest BCUT2D eigenvalue weighted by Crippen LogP contribution is -2.06. The third-order valence-corrected chi connectivity index (χ3v) is 2.50. The van der Waals surface area contributed by atoms with Crippen molar-refractivity contribution in [2.75, 3.05) is 6.61 Å². The van der Waals surface area contributed by atoms with Crippen LogP contribution in [-0.2, 0) is 4.74 Å². The summed E-state index contributed by atoms with van der Waals surface area (Å²) >= 11 is 11.1. The molecule has 0 aliphatic rings. The molecule has 0 saturated heterocycles. The number of rotatable bonds is 4. The molecule has 0 spiro atoms. The van der Waals surface area contributed by atoms with E-state index >= 15 is 0 Å². The van der Waals surface area contributed by atoms with Gasteiger partial charge in [0.25, 0.3) is 0 Å². The first-order valence-electron chi connectivity index (χ1n) is 4.88. The zero-order valence-corrected chi connectivity index (χ0v) is 10.2. The predicted molar refractivity (Wildman–Crippen MR) is 61.6 cm³/mol. The molecule has 16 heavy (non-hydrogen) atoms. The highest BCUT2D eigenvalue weighted by atomic mass is 35.5. The molecule has 1 aromatic rings. The Bertz CT molecular complexity index is 371. The Labute approximate surface area is 103 Å². The lowest BCUT2D eigenvalue weighted by Gasteiger charge is -2.05. The lowest BCUT2D eigenvalue weighted by molar-refractivity contribution is 0.0499. The Balaban J connectivity index is 2.76. The molecule has 0 aromatic heterocycles. The Kier molecular flexibility index (Phi) is 5.03. The summed E-state index contributed by atoms with van der Waals surface area (Å²) in [5, 5.41) is -0.370. The molecule has 5 heteroatoms. The minimum atomic E-state index is -0.728. The summed E-state index contributed by atoms with van der Waals surface area (Å²) in [5.41, 5.74) is 0.160. The fraction of sp³-hybridized carbons (Fsp3) is 0.364. The van der Waals surface area contributed by atoms with Crippen LogP contribution in [0.1, 0.15) is 30.1 Å². The molecule has 0 saturated carbocycles. The van der Waals surface area contributed by atoms with Gasteiger partial charge in [0.05, 0.1) is 22.2 Å². The van der Waals surface area contributed by atoms with Crippen LogP contribution in [0.25, 0.3) is 0 Å². The van der Waals surface area contributed by atoms with Crippen molar-refractivity contribution in [1.29, 1.82) is 0 Å². The van der Waals surface area contributed by atoms with E-state index in [1.54, 1.807) is 0 Å². The van der Waals surface area contributed by atoms with Gasteiger partial charge in [-0.05, 0) is 18.6 Å². The van der Waals surface area contributed by atoms with Crippen LogP contribution in [0.3, 0.4) is 0 Å². The van der Waals surface area contributed by atoms with Crippen molar-refractivity contribution >= 4 is 29.2 Å². The van der Waals surface area contributed by atoms with Crippen LogP contribution in [0.5, 0.6) is 0 Å². The Morgan fingerprint density at radius 3 is 2.44 bits per heavy atom. The smallest absolute Gasteiger partial charge is 0.338 e. The van der Waals surface area contributed by atoms with Crippen LogP contribution >= 0.6 is 23.2 Å². The minimum absolute atomic E-state index is 0.160. The van der Waals surface area contributed by atoms with E-state index in [-0.39, 0.29) is 15.6 Å². The molecule has 0 heterocycles. The molecule has 0 bridgehead atoms. The zero-order chi connectivity index (χ0) is 12.1. The first kappa shape index (κ1) is 13.3. The number of benzene rings is 1. The van der Waals surface area contributed by atoms with E-state index in [4.69, 9.17) is 27.9 Å². The van der Waals surface area contributed by atoms with Crippen LogP contribution < -0.4 is 0 Å². The summed E-state index contributed by atoms with van der Waals surface area (Å²) in [7, 11) is 0. The van der Waals surface area contributed by atoms with Crippen LogP contribution in [0.2, 0.25) is 10.0 Å². The first-order chi connectivity index (χ1) is 7.56. The number of unbranched alkanes of at least 4 members (excludes halogenated alkanes) is 1. The van der Waals surface area contributed by atoms with Gasteiger partial charge < -0.3 is 4.74 Å². The molecular weight excluding hydrogens is 254 g/mol. The molecule has 1 rings (SSSR count). The number of esters is 1. The van der Waals surface area contributed by atoms with Gasteiger partial charge in [-0.1, -0.05) is 36.5 Å². The highest BCUT2D eigenvalue weighted by Crippen LogP contribution is 2.25. The van der Waals surface area contributed by atoms with Crippen molar-refractivity contribution in [1.82, 2.24) is 0 Å². The van der Waals surface area contributed by atoms with Gasteiger partial charge in [-0.3, -0.25) is 0 Å². The second-order valence-electron chi connectivity index (χ2n) is 3.24. The van der Waals surface area contributed by atoms with Crippen LogP contribution in [0.4, 0.5) is 4.39 Å². The molecule has 0 aliphatic heterocycles. The van der Waals surface area contributed by atoms with E-state index in [1.807, 2.05) is 6.92 Å². The Morgan fingerprint density at radius 1 is 1.38 bits per heavy atom. The third kappa shape index (κ3) is 3.35. The highest BCUT2D eigenvalue weighted by Gasteiger charge is 2.13. The van der Waals surface area contributed by atoms with E-state index in [0.717, 1.165) is 12.8 Å². The number of hydrogen-bond donors (Lipinski definition) is 0. The van der Waals surface area contributed by atoms with E-state index in [1.165, 1.54) is 12.1 Å². The van der Waals surface area contributed by atoms with Crippen LogP contribution in [0, 0.1) is 5.82 Å². The Morgan fingerprint density at radius 2 is 1.94 bits per heavy atom. The molecule has 2 nitrogen and oxygen atoms in total. The van der Waals surface area contributed by atoms with Crippen LogP contribution in [0.15, 0.2) is 12.1 Å². The van der Waals surface area contributed by atoms with E-state index < -0.39 is 11.8 Å². The molecule has 0 aliphatic carbocycles. The maximum Gasteiger partial charge on any atom is 0.338 e. The summed E-state index contributed by atoms with van der Waals surface area (Å²) in [4.78, 5) is 11.5. The predicted octanol–water partition coefficient (Wildman–Crippen LogP) is 4.09. The van der Waals surface area contributed by atoms with E-state index in [2.05, 4.69) is 0 Å². The van der Waals surface area contributed by atoms with Gasteiger partial charge >= 0.3 is 5.97 Å². The largest absolute Gasteiger partial charge is 0.462 e. The first-order valence-corrected chi connectivity index (χ1v) is 5.63. The molecule has 0 radical (unpaired) electrons. The molecule has 0 fully saturated rings. The SMILES string of the molecule is CCCCOC(=O)c1cc(Cl)c(F)c(Cl)c1. The second kappa shape index (κ2) is 6.06. The molecule has 0 atom stereocenters. The fourth-order valence-electron chi connectivity index (χ4n) is 1.07. The molecule has 0 unspecified atom stereocenters. The van der Waals surface area contributed by atoms with Gasteiger partial charge in [-0.25, -0.2) is 9.18 Å². The topological polar surface area (TPSA) is 26.3 Å². The fourth-order valence-corrected chi connectivity index (χ4v) is 1.55. The quantitative estimate of drug-likeness (QED) is 0.465. The lowest BCUT2D eigenvalue weighted by atomic mass is 10.2. The molecule has 88 valence electrons. The Hall–Kier alpha value is -0.800. The van der Waals surface area contributed by atoms with Crippen molar-refractivity contribution in [3.05, 3.63) is 33.6 Å². The second-order valence-corrected chi connectivity index (χ2v) is 4.06. The highest BCUT2D eigenvalue weighted by molar-refractivity contribution is 6.35. The standard InChI is InChI=1S/C11H11Cl2FO2/c1-2-3-4-16-11(15)7-5-8(12)10(14)9(13)6-7/h5-6H,2-4H2,1H3. The number of ether oxygens (including phenoxy) is 1. The maximum atomic E-state index is 13.1. The number of halogens is 3. The molecule has 0 N–H and O–H groups in total. The van der Waals surface area contributed by atoms with Gasteiger partial charge in [0.1, 0.15) is 0 Å². The van der Waals surface area contributed by atoms with Gasteiger partial charge in [0.2, 0.25) is 0 Å². The summed E-state index contributed by atoms with van der Waals surface area (Å²) in [6, 6.07) is 2.41. The monoisotopic (exact) mass is 264 g/mol. The average Bonchev–Trinajstić information content (AvgIpc) is 2.25. The normalized spacial score (nSPS) is 10.2. The average molecular weight is 265 g/mol. The summed E-state index contributed by atoms with van der Waals surface area (Å²) in [6.45, 7) is 2.32. The number of carbonyl (C=O) groups is 1. The molecular formula is C11H11Cl2FO2. The molecule has 0 amide bonds. The zero-order valence-electron chi connectivity index (χ0n) is 8.73.